The van der Waals surface area contributed by atoms with Crippen molar-refractivity contribution in [3.63, 3.8) is 0 Å². The van der Waals surface area contributed by atoms with E-state index in [-0.39, 0.29) is 12.3 Å². The van der Waals surface area contributed by atoms with Crippen LogP contribution in [0.4, 0.5) is 0 Å². The molecule has 1 aliphatic rings. The fourth-order valence-corrected chi connectivity index (χ4v) is 10.5. The van der Waals surface area contributed by atoms with Crippen molar-refractivity contribution in [2.75, 3.05) is 7.05 Å². The van der Waals surface area contributed by atoms with Crippen molar-refractivity contribution in [2.24, 2.45) is 4.99 Å². The topological polar surface area (TPSA) is 42.4 Å². The number of benzene rings is 9. The highest BCUT2D eigenvalue weighted by molar-refractivity contribution is 6.27. The summed E-state index contributed by atoms with van der Waals surface area (Å²) in [4.78, 5) is 8.13. The van der Waals surface area contributed by atoms with E-state index in [1.54, 1.807) is 0 Å². The zero-order chi connectivity index (χ0) is 42.3. The molecule has 2 atom stereocenters. The number of hydrogen-bond donors (Lipinski definition) is 1. The van der Waals surface area contributed by atoms with Gasteiger partial charge in [-0.2, -0.15) is 0 Å². The van der Waals surface area contributed by atoms with E-state index >= 15 is 0 Å². The second-order valence-electron chi connectivity index (χ2n) is 16.9. The zero-order valence-corrected chi connectivity index (χ0v) is 35.2. The summed E-state index contributed by atoms with van der Waals surface area (Å²) in [7, 11) is 2.21. The summed E-state index contributed by atoms with van der Waals surface area (Å²) in [5.41, 5.74) is 13.7. The Balaban J connectivity index is 1.20. The Hall–Kier alpha value is -8.19. The molecule has 304 valence electrons. The van der Waals surface area contributed by atoms with Crippen molar-refractivity contribution < 1.29 is 0 Å². The van der Waals surface area contributed by atoms with Gasteiger partial charge >= 0.3 is 0 Å². The summed E-state index contributed by atoms with van der Waals surface area (Å²) in [6, 6.07) is 78.9. The lowest BCUT2D eigenvalue weighted by Crippen LogP contribution is -2.46. The molecule has 2 unspecified atom stereocenters. The smallest absolute Gasteiger partial charge is 0.134 e. The molecule has 3 aromatic heterocycles. The molecule has 0 amide bonds. The van der Waals surface area contributed by atoms with E-state index < -0.39 is 0 Å². The minimum Gasteiger partial charge on any atom is -0.350 e. The first-order valence-corrected chi connectivity index (χ1v) is 22.0. The van der Waals surface area contributed by atoms with Crippen LogP contribution >= 0.6 is 0 Å². The first kappa shape index (κ1) is 36.5. The number of fused-ring (bicyclic) bond motifs is 10. The molecule has 12 aromatic rings. The number of amidine groups is 1. The Morgan fingerprint density at radius 2 is 0.906 bits per heavy atom. The van der Waals surface area contributed by atoms with Crippen molar-refractivity contribution >= 4 is 71.3 Å². The molecule has 6 heteroatoms. The Kier molecular flexibility index (Phi) is 8.23. The second kappa shape index (κ2) is 14.4. The van der Waals surface area contributed by atoms with Gasteiger partial charge < -0.3 is 19.0 Å². The van der Waals surface area contributed by atoms with E-state index in [4.69, 9.17) is 4.99 Å². The van der Waals surface area contributed by atoms with Gasteiger partial charge in [-0.05, 0) is 73.3 Å². The van der Waals surface area contributed by atoms with E-state index in [1.807, 2.05) is 0 Å². The van der Waals surface area contributed by atoms with Crippen LogP contribution in [0, 0.1) is 0 Å². The number of nitrogens with zero attached hydrogens (tertiary/aromatic N) is 5. The van der Waals surface area contributed by atoms with Crippen LogP contribution in [0.15, 0.2) is 223 Å². The number of aliphatic imine (C=N–C) groups is 1. The predicted octanol–water partition coefficient (Wildman–Crippen LogP) is 13.7. The van der Waals surface area contributed by atoms with Gasteiger partial charge in [0.05, 0.1) is 33.1 Å². The number of aromatic nitrogens is 3. The van der Waals surface area contributed by atoms with Crippen LogP contribution in [0.3, 0.4) is 0 Å². The first-order chi connectivity index (χ1) is 31.7. The molecule has 64 heavy (non-hydrogen) atoms. The highest BCUT2D eigenvalue weighted by atomic mass is 15.4. The van der Waals surface area contributed by atoms with Crippen LogP contribution in [0.5, 0.6) is 0 Å². The molecule has 0 bridgehead atoms. The normalized spacial score (nSPS) is 15.7. The lowest BCUT2D eigenvalue weighted by atomic mass is 9.99. The van der Waals surface area contributed by atoms with Gasteiger partial charge in [-0.1, -0.05) is 158 Å². The van der Waals surface area contributed by atoms with Gasteiger partial charge in [0.25, 0.3) is 0 Å². The molecule has 0 fully saturated rings. The number of nitrogens with one attached hydrogen (secondary N) is 1. The third kappa shape index (κ3) is 5.46. The maximum Gasteiger partial charge on any atom is 0.134 e. The summed E-state index contributed by atoms with van der Waals surface area (Å²) in [5, 5.41) is 11.1. The maximum atomic E-state index is 5.73. The van der Waals surface area contributed by atoms with Crippen LogP contribution in [0.1, 0.15) is 29.0 Å². The zero-order valence-electron chi connectivity index (χ0n) is 35.2. The Morgan fingerprint density at radius 1 is 0.406 bits per heavy atom. The molecule has 13 rings (SSSR count). The fraction of sp³-hybridized carbons (Fsp3) is 0.0517. The van der Waals surface area contributed by atoms with Gasteiger partial charge in [-0.25, -0.2) is 4.99 Å². The quantitative estimate of drug-likeness (QED) is 0.182. The van der Waals surface area contributed by atoms with Crippen LogP contribution in [-0.2, 0) is 0 Å². The maximum absolute atomic E-state index is 5.73. The van der Waals surface area contributed by atoms with Crippen LogP contribution in [0.25, 0.3) is 82.5 Å². The molecule has 9 aromatic carbocycles. The molecular weight excluding hydrogens is 781 g/mol. The summed E-state index contributed by atoms with van der Waals surface area (Å²) < 4.78 is 7.40. The van der Waals surface area contributed by atoms with Crippen molar-refractivity contribution in [2.45, 2.75) is 12.3 Å². The molecule has 4 heterocycles. The standard InChI is InChI=1S/C58H42N6/c1-61-57(39-22-8-3-9-23-39)59-56(38-20-6-2-7-21-38)60-58(61)48-37-47-44-29-15-18-32-50(44)63(41-26-12-5-13-27-41)54(47)53-46-30-16-19-33-51(46)64(55(48)53)42-34-35-45-43-28-14-17-31-49(43)62(52(45)36-42)40-24-10-4-11-25-40/h2-37,57-58H,1H3,(H,59,60). The van der Waals surface area contributed by atoms with Gasteiger partial charge in [0.2, 0.25) is 0 Å². The molecule has 0 saturated heterocycles. The summed E-state index contributed by atoms with van der Waals surface area (Å²) in [6.45, 7) is 0. The van der Waals surface area contributed by atoms with Crippen LogP contribution in [-0.4, -0.2) is 31.5 Å². The van der Waals surface area contributed by atoms with Crippen LogP contribution < -0.4 is 5.32 Å². The molecule has 0 saturated carbocycles. The molecule has 0 spiro atoms. The average Bonchev–Trinajstić information content (AvgIpc) is 4.00. The van der Waals surface area contributed by atoms with E-state index in [0.29, 0.717) is 0 Å². The summed E-state index contributed by atoms with van der Waals surface area (Å²) in [6.07, 6.45) is -0.513. The molecule has 6 nitrogen and oxygen atoms in total. The van der Waals surface area contributed by atoms with Crippen molar-refractivity contribution in [3.8, 4) is 17.1 Å². The van der Waals surface area contributed by atoms with Crippen LogP contribution in [0.2, 0.25) is 0 Å². The number of rotatable bonds is 6. The SMILES string of the molecule is CN1C(c2cc3c4ccccc4n(-c4ccccc4)c3c3c4ccccc4n(-c4ccc5c6ccccc6n(-c6ccccc6)c5c4)c23)N=C(c2ccccc2)NC1c1ccccc1. The van der Waals surface area contributed by atoms with Gasteiger partial charge in [0.15, 0.2) is 0 Å². The fourth-order valence-electron chi connectivity index (χ4n) is 10.5. The third-order valence-corrected chi connectivity index (χ3v) is 13.3. The van der Waals surface area contributed by atoms with E-state index in [1.165, 1.54) is 54.4 Å². The summed E-state index contributed by atoms with van der Waals surface area (Å²) in [5.74, 6) is 0.869. The van der Waals surface area contributed by atoms with E-state index in [2.05, 4.69) is 249 Å². The largest absolute Gasteiger partial charge is 0.350 e. The molecule has 1 aliphatic heterocycles. The highest BCUT2D eigenvalue weighted by Crippen LogP contribution is 2.48. The Morgan fingerprint density at radius 3 is 1.58 bits per heavy atom. The Bertz CT molecular complexity index is 3770. The second-order valence-corrected chi connectivity index (χ2v) is 16.9. The molecule has 0 aliphatic carbocycles. The van der Waals surface area contributed by atoms with E-state index in [0.717, 1.165) is 50.6 Å². The van der Waals surface area contributed by atoms with Crippen molar-refractivity contribution in [1.82, 2.24) is 23.9 Å². The van der Waals surface area contributed by atoms with Gasteiger partial charge in [0.1, 0.15) is 18.2 Å². The van der Waals surface area contributed by atoms with Gasteiger partial charge in [0, 0.05) is 60.5 Å². The molecular formula is C58H42N6. The number of para-hydroxylation sites is 5. The number of hydrogen-bond acceptors (Lipinski definition) is 3. The van der Waals surface area contributed by atoms with Crippen molar-refractivity contribution in [3.05, 3.63) is 235 Å². The summed E-state index contributed by atoms with van der Waals surface area (Å²) >= 11 is 0. The third-order valence-electron chi connectivity index (χ3n) is 13.3. The minimum atomic E-state index is -0.366. The predicted molar refractivity (Wildman–Crippen MR) is 265 cm³/mol. The lowest BCUT2D eigenvalue weighted by molar-refractivity contribution is 0.153. The van der Waals surface area contributed by atoms with Gasteiger partial charge in [-0.15, -0.1) is 0 Å². The van der Waals surface area contributed by atoms with Gasteiger partial charge in [-0.3, -0.25) is 4.90 Å². The Labute approximate surface area is 370 Å². The molecule has 0 radical (unpaired) electrons. The monoisotopic (exact) mass is 822 g/mol. The molecule has 1 N–H and O–H groups in total. The van der Waals surface area contributed by atoms with Crippen molar-refractivity contribution in [1.29, 1.82) is 0 Å². The average molecular weight is 823 g/mol. The highest BCUT2D eigenvalue weighted by Gasteiger charge is 2.35. The first-order valence-electron chi connectivity index (χ1n) is 22.0. The van der Waals surface area contributed by atoms with E-state index in [9.17, 15) is 0 Å². The minimum absolute atomic E-state index is 0.147. The lowest BCUT2D eigenvalue weighted by Gasteiger charge is -2.39.